The third-order valence-electron chi connectivity index (χ3n) is 4.82. The summed E-state index contributed by atoms with van der Waals surface area (Å²) in [5.41, 5.74) is 3.84. The number of hydrazone groups is 1. The van der Waals surface area contributed by atoms with E-state index in [1.54, 1.807) is 36.5 Å². The minimum atomic E-state index is -3.92. The van der Waals surface area contributed by atoms with Gasteiger partial charge in [0.2, 0.25) is 0 Å². The number of anilines is 1. The van der Waals surface area contributed by atoms with Crippen LogP contribution in [0.1, 0.15) is 44.9 Å². The largest absolute Gasteiger partial charge is 0.271 e. The van der Waals surface area contributed by atoms with Gasteiger partial charge >= 0.3 is 0 Å². The molecule has 0 bridgehead atoms. The van der Waals surface area contributed by atoms with E-state index in [2.05, 4.69) is 15.5 Å². The standard InChI is InChI=1S/C21H26N4O3S/c26-21(24-23-18-10-5-2-1-3-6-11-18)17-25(19-12-9-15-22-16-19)29(27,28)20-13-7-4-8-14-20/h4,7-9,12-16H,1-3,5-6,10-11,17H2,(H,24,26). The van der Waals surface area contributed by atoms with E-state index in [4.69, 9.17) is 0 Å². The predicted octanol–water partition coefficient (Wildman–Crippen LogP) is 3.49. The van der Waals surface area contributed by atoms with Crippen LogP contribution < -0.4 is 9.73 Å². The first-order valence-corrected chi connectivity index (χ1v) is 11.3. The Labute approximate surface area is 171 Å². The first kappa shape index (κ1) is 21.0. The number of hydrogen-bond acceptors (Lipinski definition) is 5. The van der Waals surface area contributed by atoms with Crippen LogP contribution in [0.2, 0.25) is 0 Å². The Morgan fingerprint density at radius 3 is 2.34 bits per heavy atom. The van der Waals surface area contributed by atoms with E-state index in [9.17, 15) is 13.2 Å². The number of aromatic nitrogens is 1. The highest BCUT2D eigenvalue weighted by molar-refractivity contribution is 7.92. The van der Waals surface area contributed by atoms with Crippen LogP contribution in [0.4, 0.5) is 5.69 Å². The molecule has 2 aromatic rings. The van der Waals surface area contributed by atoms with Crippen molar-refractivity contribution >= 4 is 27.3 Å². The van der Waals surface area contributed by atoms with Crippen molar-refractivity contribution in [2.24, 2.45) is 5.10 Å². The predicted molar refractivity (Wildman–Crippen MR) is 113 cm³/mol. The van der Waals surface area contributed by atoms with Crippen LogP contribution in [0.25, 0.3) is 0 Å². The molecule has 0 saturated heterocycles. The molecule has 7 nitrogen and oxygen atoms in total. The van der Waals surface area contributed by atoms with Crippen LogP contribution in [0.15, 0.2) is 64.9 Å². The molecule has 154 valence electrons. The van der Waals surface area contributed by atoms with Crippen LogP contribution in [0, 0.1) is 0 Å². The molecule has 1 fully saturated rings. The number of amides is 1. The Morgan fingerprint density at radius 1 is 1.00 bits per heavy atom. The van der Waals surface area contributed by atoms with E-state index in [1.165, 1.54) is 37.6 Å². The first-order valence-electron chi connectivity index (χ1n) is 9.89. The number of hydrogen-bond donors (Lipinski definition) is 1. The van der Waals surface area contributed by atoms with Gasteiger partial charge in [0.1, 0.15) is 6.54 Å². The average Bonchev–Trinajstić information content (AvgIpc) is 2.72. The van der Waals surface area contributed by atoms with Crippen LogP contribution in [-0.4, -0.2) is 31.6 Å². The maximum Gasteiger partial charge on any atom is 0.264 e. The molecule has 1 aliphatic carbocycles. The Balaban J connectivity index is 1.78. The Kier molecular flexibility index (Phi) is 7.35. The van der Waals surface area contributed by atoms with Crippen molar-refractivity contribution < 1.29 is 13.2 Å². The zero-order valence-corrected chi connectivity index (χ0v) is 17.1. The Morgan fingerprint density at radius 2 is 1.69 bits per heavy atom. The second kappa shape index (κ2) is 10.2. The van der Waals surface area contributed by atoms with E-state index in [1.807, 2.05) is 0 Å². The molecule has 1 amide bonds. The molecule has 1 aromatic heterocycles. The highest BCUT2D eigenvalue weighted by atomic mass is 32.2. The number of carbonyl (C=O) groups is 1. The summed E-state index contributed by atoms with van der Waals surface area (Å²) in [7, 11) is -3.92. The molecule has 1 N–H and O–H groups in total. The highest BCUT2D eigenvalue weighted by Gasteiger charge is 2.27. The van der Waals surface area contributed by atoms with E-state index >= 15 is 0 Å². The average molecular weight is 415 g/mol. The third-order valence-corrected chi connectivity index (χ3v) is 6.61. The van der Waals surface area contributed by atoms with Gasteiger partial charge in [-0.25, -0.2) is 13.8 Å². The van der Waals surface area contributed by atoms with Crippen molar-refractivity contribution in [3.8, 4) is 0 Å². The minimum absolute atomic E-state index is 0.114. The van der Waals surface area contributed by atoms with Gasteiger partial charge in [0, 0.05) is 11.9 Å². The Bertz CT molecular complexity index is 921. The van der Waals surface area contributed by atoms with Gasteiger partial charge in [0.05, 0.1) is 16.8 Å². The number of carbonyl (C=O) groups excluding carboxylic acids is 1. The molecule has 8 heteroatoms. The lowest BCUT2D eigenvalue weighted by Crippen LogP contribution is -2.39. The number of nitrogens with one attached hydrogen (secondary N) is 1. The second-order valence-corrected chi connectivity index (χ2v) is 8.88. The minimum Gasteiger partial charge on any atom is -0.271 e. The summed E-state index contributed by atoms with van der Waals surface area (Å²) < 4.78 is 27.3. The molecule has 0 unspecified atom stereocenters. The van der Waals surface area contributed by atoms with Gasteiger partial charge in [0.15, 0.2) is 0 Å². The zero-order valence-electron chi connectivity index (χ0n) is 16.3. The van der Waals surface area contributed by atoms with Crippen molar-refractivity contribution in [3.05, 3.63) is 54.9 Å². The number of benzene rings is 1. The maximum absolute atomic E-state index is 13.1. The summed E-state index contributed by atoms with van der Waals surface area (Å²) in [5.74, 6) is -0.483. The molecule has 0 spiro atoms. The zero-order chi connectivity index (χ0) is 20.5. The summed E-state index contributed by atoms with van der Waals surface area (Å²) in [4.78, 5) is 16.7. The van der Waals surface area contributed by atoms with E-state index in [0.717, 1.165) is 35.7 Å². The van der Waals surface area contributed by atoms with Gasteiger partial charge in [-0.3, -0.25) is 14.1 Å². The first-order chi connectivity index (χ1) is 14.1. The SMILES string of the molecule is O=C(CN(c1cccnc1)S(=O)(=O)c1ccccc1)NN=C1CCCCCCC1. The molecule has 1 saturated carbocycles. The number of sulfonamides is 1. The number of nitrogens with zero attached hydrogens (tertiary/aromatic N) is 3. The van der Waals surface area contributed by atoms with Gasteiger partial charge in [-0.2, -0.15) is 5.10 Å². The molecule has 1 heterocycles. The third kappa shape index (κ3) is 5.87. The molecule has 0 atom stereocenters. The maximum atomic E-state index is 13.1. The van der Waals surface area contributed by atoms with E-state index < -0.39 is 15.9 Å². The lowest BCUT2D eigenvalue weighted by atomic mass is 9.99. The smallest absolute Gasteiger partial charge is 0.264 e. The monoisotopic (exact) mass is 414 g/mol. The normalized spacial score (nSPS) is 15.1. The fraction of sp³-hybridized carbons (Fsp3) is 0.381. The van der Waals surface area contributed by atoms with E-state index in [0.29, 0.717) is 5.69 Å². The van der Waals surface area contributed by atoms with E-state index in [-0.39, 0.29) is 11.4 Å². The van der Waals surface area contributed by atoms with Crippen LogP contribution in [0.5, 0.6) is 0 Å². The summed E-state index contributed by atoms with van der Waals surface area (Å²) >= 11 is 0. The van der Waals surface area contributed by atoms with Crippen molar-refractivity contribution in [2.75, 3.05) is 10.8 Å². The number of pyridine rings is 1. The van der Waals surface area contributed by atoms with Gasteiger partial charge in [0.25, 0.3) is 15.9 Å². The van der Waals surface area contributed by atoms with Crippen LogP contribution in [0.3, 0.4) is 0 Å². The summed E-state index contributed by atoms with van der Waals surface area (Å²) in [6.45, 7) is -0.375. The lowest BCUT2D eigenvalue weighted by molar-refractivity contribution is -0.119. The molecule has 0 aliphatic heterocycles. The van der Waals surface area contributed by atoms with Crippen molar-refractivity contribution in [1.29, 1.82) is 0 Å². The van der Waals surface area contributed by atoms with Crippen LogP contribution >= 0.6 is 0 Å². The summed E-state index contributed by atoms with van der Waals surface area (Å²) in [6.07, 6.45) is 10.5. The second-order valence-electron chi connectivity index (χ2n) is 7.02. The summed E-state index contributed by atoms with van der Waals surface area (Å²) in [6, 6.07) is 11.3. The fourth-order valence-corrected chi connectivity index (χ4v) is 4.70. The molecule has 1 aliphatic rings. The molecule has 1 aromatic carbocycles. The van der Waals surface area contributed by atoms with Crippen LogP contribution in [-0.2, 0) is 14.8 Å². The topological polar surface area (TPSA) is 91.7 Å². The number of rotatable bonds is 6. The molecule has 29 heavy (non-hydrogen) atoms. The van der Waals surface area contributed by atoms with Crippen molar-refractivity contribution in [3.63, 3.8) is 0 Å². The molecular formula is C21H26N4O3S. The molecular weight excluding hydrogens is 388 g/mol. The van der Waals surface area contributed by atoms with Gasteiger partial charge < -0.3 is 0 Å². The molecule has 0 radical (unpaired) electrons. The lowest BCUT2D eigenvalue weighted by Gasteiger charge is -2.23. The highest BCUT2D eigenvalue weighted by Crippen LogP contribution is 2.22. The molecule has 3 rings (SSSR count). The van der Waals surface area contributed by atoms with Crippen molar-refractivity contribution in [2.45, 2.75) is 49.8 Å². The van der Waals surface area contributed by atoms with Gasteiger partial charge in [-0.05, 0) is 49.9 Å². The fourth-order valence-electron chi connectivity index (χ4n) is 3.27. The quantitative estimate of drug-likeness (QED) is 0.733. The Hall–Kier alpha value is -2.74. The summed E-state index contributed by atoms with van der Waals surface area (Å²) in [5, 5.41) is 4.27. The van der Waals surface area contributed by atoms with Crippen molar-refractivity contribution in [1.82, 2.24) is 10.4 Å². The van der Waals surface area contributed by atoms with Gasteiger partial charge in [-0.15, -0.1) is 0 Å². The van der Waals surface area contributed by atoms with Gasteiger partial charge in [-0.1, -0.05) is 37.5 Å².